The molecule has 1 aromatic carbocycles. The van der Waals surface area contributed by atoms with E-state index in [9.17, 15) is 14.4 Å². The van der Waals surface area contributed by atoms with Crippen LogP contribution in [0, 0.1) is 5.92 Å². The Bertz CT molecular complexity index is 553. The van der Waals surface area contributed by atoms with Crippen molar-refractivity contribution in [1.82, 2.24) is 10.2 Å². The lowest BCUT2D eigenvalue weighted by molar-refractivity contribution is -0.143. The van der Waals surface area contributed by atoms with Gasteiger partial charge in [0, 0.05) is 0 Å². The van der Waals surface area contributed by atoms with Crippen LogP contribution in [0.1, 0.15) is 25.3 Å². The fourth-order valence-electron chi connectivity index (χ4n) is 2.27. The zero-order valence-electron chi connectivity index (χ0n) is 12.1. The molecule has 21 heavy (non-hydrogen) atoms. The molecule has 1 saturated heterocycles. The molecule has 112 valence electrons. The number of amides is 4. The fraction of sp³-hybridized carbons (Fsp3) is 0.400. The minimum absolute atomic E-state index is 0.141. The van der Waals surface area contributed by atoms with E-state index in [-0.39, 0.29) is 6.54 Å². The summed E-state index contributed by atoms with van der Waals surface area (Å²) in [5.74, 6) is -1.00. The Hall–Kier alpha value is -2.37. The number of carbonyl (C=O) groups is 3. The summed E-state index contributed by atoms with van der Waals surface area (Å²) in [6.45, 7) is 2.03. The molecule has 6 nitrogen and oxygen atoms in total. The van der Waals surface area contributed by atoms with Gasteiger partial charge in [0.15, 0.2) is 0 Å². The van der Waals surface area contributed by atoms with Crippen LogP contribution in [-0.2, 0) is 16.1 Å². The number of ether oxygens (including phenoxy) is 1. The highest BCUT2D eigenvalue weighted by molar-refractivity contribution is 6.16. The fourth-order valence-corrected chi connectivity index (χ4v) is 2.27. The Labute approximate surface area is 123 Å². The molecular weight excluding hydrogens is 272 g/mol. The standard InChI is InChI=1S/C15H18N2O4/c1-3-4-12-13(18)16-15(20)17(14(12)19)9-10-5-7-11(21-2)8-6-10/h5-8,12H,3-4,9H2,1-2H3,(H,16,18,20). The van der Waals surface area contributed by atoms with Gasteiger partial charge in [-0.3, -0.25) is 19.8 Å². The van der Waals surface area contributed by atoms with E-state index in [1.54, 1.807) is 31.4 Å². The van der Waals surface area contributed by atoms with Gasteiger partial charge in [-0.25, -0.2) is 4.79 Å². The topological polar surface area (TPSA) is 75.7 Å². The minimum atomic E-state index is -0.772. The number of hydrogen-bond donors (Lipinski definition) is 1. The number of nitrogens with zero attached hydrogens (tertiary/aromatic N) is 1. The third kappa shape index (κ3) is 3.21. The molecule has 0 spiro atoms. The number of barbiturate groups is 1. The van der Waals surface area contributed by atoms with E-state index in [0.717, 1.165) is 10.5 Å². The Morgan fingerprint density at radius 3 is 2.43 bits per heavy atom. The van der Waals surface area contributed by atoms with Crippen molar-refractivity contribution >= 4 is 17.8 Å². The van der Waals surface area contributed by atoms with Crippen LogP contribution in [0.15, 0.2) is 24.3 Å². The molecular formula is C15H18N2O4. The van der Waals surface area contributed by atoms with Crippen molar-refractivity contribution in [2.45, 2.75) is 26.3 Å². The number of carbonyl (C=O) groups excluding carboxylic acids is 3. The van der Waals surface area contributed by atoms with Gasteiger partial charge >= 0.3 is 6.03 Å². The first kappa shape index (κ1) is 15.0. The summed E-state index contributed by atoms with van der Waals surface area (Å²) in [6.07, 6.45) is 1.14. The summed E-state index contributed by atoms with van der Waals surface area (Å²) in [5, 5.41) is 2.24. The zero-order valence-corrected chi connectivity index (χ0v) is 12.1. The van der Waals surface area contributed by atoms with Gasteiger partial charge < -0.3 is 4.74 Å². The summed E-state index contributed by atoms with van der Waals surface area (Å²) in [5.41, 5.74) is 0.795. The second-order valence-corrected chi connectivity index (χ2v) is 4.91. The number of urea groups is 1. The van der Waals surface area contributed by atoms with Crippen molar-refractivity contribution in [2.75, 3.05) is 7.11 Å². The van der Waals surface area contributed by atoms with Crippen molar-refractivity contribution in [1.29, 1.82) is 0 Å². The summed E-state index contributed by atoms with van der Waals surface area (Å²) >= 11 is 0. The van der Waals surface area contributed by atoms with Gasteiger partial charge in [0.05, 0.1) is 13.7 Å². The van der Waals surface area contributed by atoms with Crippen LogP contribution >= 0.6 is 0 Å². The maximum absolute atomic E-state index is 12.3. The second-order valence-electron chi connectivity index (χ2n) is 4.91. The van der Waals surface area contributed by atoms with Gasteiger partial charge in [0.2, 0.25) is 11.8 Å². The molecule has 1 N–H and O–H groups in total. The first-order valence-electron chi connectivity index (χ1n) is 6.86. The van der Waals surface area contributed by atoms with Crippen molar-refractivity contribution < 1.29 is 19.1 Å². The molecule has 0 bridgehead atoms. The van der Waals surface area contributed by atoms with Crippen LogP contribution < -0.4 is 10.1 Å². The predicted molar refractivity (Wildman–Crippen MR) is 75.5 cm³/mol. The number of methoxy groups -OCH3 is 1. The lowest BCUT2D eigenvalue weighted by atomic mass is 9.99. The van der Waals surface area contributed by atoms with Crippen LogP contribution in [0.5, 0.6) is 5.75 Å². The lowest BCUT2D eigenvalue weighted by Gasteiger charge is -2.30. The minimum Gasteiger partial charge on any atom is -0.497 e. The largest absolute Gasteiger partial charge is 0.497 e. The molecule has 4 amide bonds. The van der Waals surface area contributed by atoms with E-state index in [1.807, 2.05) is 6.92 Å². The Morgan fingerprint density at radius 2 is 1.86 bits per heavy atom. The number of imide groups is 2. The van der Waals surface area contributed by atoms with Crippen molar-refractivity contribution in [2.24, 2.45) is 5.92 Å². The first-order valence-corrected chi connectivity index (χ1v) is 6.86. The monoisotopic (exact) mass is 290 g/mol. The number of rotatable bonds is 5. The normalized spacial score (nSPS) is 18.7. The quantitative estimate of drug-likeness (QED) is 0.837. The maximum atomic E-state index is 12.3. The summed E-state index contributed by atoms with van der Waals surface area (Å²) in [7, 11) is 1.57. The van der Waals surface area contributed by atoms with Gasteiger partial charge in [-0.15, -0.1) is 0 Å². The molecule has 1 atom stereocenters. The maximum Gasteiger partial charge on any atom is 0.331 e. The Morgan fingerprint density at radius 1 is 1.19 bits per heavy atom. The average molecular weight is 290 g/mol. The molecule has 1 aromatic rings. The molecule has 0 saturated carbocycles. The van der Waals surface area contributed by atoms with Gasteiger partial charge in [0.25, 0.3) is 0 Å². The molecule has 1 aliphatic rings. The molecule has 1 fully saturated rings. The molecule has 6 heteroatoms. The van der Waals surface area contributed by atoms with E-state index < -0.39 is 23.8 Å². The van der Waals surface area contributed by atoms with Crippen molar-refractivity contribution in [3.8, 4) is 5.75 Å². The number of benzene rings is 1. The molecule has 1 heterocycles. The Kier molecular flexibility index (Phi) is 4.57. The third-order valence-electron chi connectivity index (χ3n) is 3.43. The third-order valence-corrected chi connectivity index (χ3v) is 3.43. The van der Waals surface area contributed by atoms with E-state index in [0.29, 0.717) is 18.6 Å². The van der Waals surface area contributed by atoms with Crippen LogP contribution in [0.3, 0.4) is 0 Å². The average Bonchev–Trinajstić information content (AvgIpc) is 2.48. The van der Waals surface area contributed by atoms with Crippen LogP contribution in [0.4, 0.5) is 4.79 Å². The zero-order chi connectivity index (χ0) is 15.4. The second kappa shape index (κ2) is 6.39. The van der Waals surface area contributed by atoms with E-state index in [1.165, 1.54) is 0 Å². The summed E-state index contributed by atoms with van der Waals surface area (Å²) in [6, 6.07) is 6.43. The molecule has 1 aliphatic heterocycles. The van der Waals surface area contributed by atoms with Crippen molar-refractivity contribution in [3.63, 3.8) is 0 Å². The molecule has 1 unspecified atom stereocenters. The number of nitrogens with one attached hydrogen (secondary N) is 1. The van der Waals surface area contributed by atoms with Gasteiger partial charge in [-0.05, 0) is 24.1 Å². The molecule has 0 aromatic heterocycles. The highest BCUT2D eigenvalue weighted by Crippen LogP contribution is 2.19. The van der Waals surface area contributed by atoms with Gasteiger partial charge in [-0.2, -0.15) is 0 Å². The van der Waals surface area contributed by atoms with Crippen LogP contribution in [0.25, 0.3) is 0 Å². The lowest BCUT2D eigenvalue weighted by Crippen LogP contribution is -2.57. The van der Waals surface area contributed by atoms with Crippen molar-refractivity contribution in [3.05, 3.63) is 29.8 Å². The first-order chi connectivity index (χ1) is 10.1. The summed E-state index contributed by atoms with van der Waals surface area (Å²) < 4.78 is 5.06. The summed E-state index contributed by atoms with van der Waals surface area (Å²) in [4.78, 5) is 36.9. The van der Waals surface area contributed by atoms with Gasteiger partial charge in [-0.1, -0.05) is 25.5 Å². The highest BCUT2D eigenvalue weighted by Gasteiger charge is 2.39. The Balaban J connectivity index is 2.14. The van der Waals surface area contributed by atoms with Crippen LogP contribution in [-0.4, -0.2) is 29.9 Å². The van der Waals surface area contributed by atoms with Crippen LogP contribution in [0.2, 0.25) is 0 Å². The molecule has 2 rings (SSSR count). The predicted octanol–water partition coefficient (Wildman–Crippen LogP) is 1.69. The molecule has 0 radical (unpaired) electrons. The van der Waals surface area contributed by atoms with E-state index in [2.05, 4.69) is 5.32 Å². The molecule has 0 aliphatic carbocycles. The highest BCUT2D eigenvalue weighted by atomic mass is 16.5. The van der Waals surface area contributed by atoms with E-state index in [4.69, 9.17) is 4.74 Å². The van der Waals surface area contributed by atoms with Gasteiger partial charge in [0.1, 0.15) is 11.7 Å². The number of hydrogen-bond acceptors (Lipinski definition) is 4. The van der Waals surface area contributed by atoms with E-state index >= 15 is 0 Å². The smallest absolute Gasteiger partial charge is 0.331 e. The SMILES string of the molecule is CCCC1C(=O)NC(=O)N(Cc2ccc(OC)cc2)C1=O.